The Morgan fingerprint density at radius 3 is 2.43 bits per heavy atom. The normalized spacial score (nSPS) is 12.1. The third kappa shape index (κ3) is 2.08. The minimum atomic E-state index is -1.19. The highest BCUT2D eigenvalue weighted by Gasteiger charge is 2.15. The molecule has 5 nitrogen and oxygen atoms in total. The molecule has 0 saturated heterocycles. The zero-order valence-electron chi connectivity index (χ0n) is 7.18. The Labute approximate surface area is 79.8 Å². The SMILES string of the molecule is N[C@H](C(=O)O)c1cccc(C(=O)O)c1. The third-order valence-electron chi connectivity index (χ3n) is 1.76. The topological polar surface area (TPSA) is 101 Å². The average Bonchev–Trinajstić information content (AvgIpc) is 2.16. The fourth-order valence-corrected chi connectivity index (χ4v) is 1.01. The first kappa shape index (κ1) is 10.2. The number of rotatable bonds is 3. The zero-order valence-corrected chi connectivity index (χ0v) is 7.18. The first-order chi connectivity index (χ1) is 6.52. The van der Waals surface area contributed by atoms with Crippen LogP contribution in [0.25, 0.3) is 0 Å². The molecule has 74 valence electrons. The average molecular weight is 195 g/mol. The molecular formula is C9H9NO4. The maximum absolute atomic E-state index is 10.6. The van der Waals surface area contributed by atoms with Crippen molar-refractivity contribution < 1.29 is 19.8 Å². The number of benzene rings is 1. The zero-order chi connectivity index (χ0) is 10.7. The van der Waals surface area contributed by atoms with Crippen LogP contribution in [0.4, 0.5) is 0 Å². The second kappa shape index (κ2) is 3.89. The van der Waals surface area contributed by atoms with Crippen molar-refractivity contribution in [1.29, 1.82) is 0 Å². The monoisotopic (exact) mass is 195 g/mol. The largest absolute Gasteiger partial charge is 0.480 e. The Balaban J connectivity index is 3.05. The molecule has 0 bridgehead atoms. The van der Waals surface area contributed by atoms with Crippen LogP contribution in [0, 0.1) is 0 Å². The summed E-state index contributed by atoms with van der Waals surface area (Å²) in [6.45, 7) is 0. The van der Waals surface area contributed by atoms with E-state index in [1.165, 1.54) is 24.3 Å². The van der Waals surface area contributed by atoms with Crippen LogP contribution in [-0.4, -0.2) is 22.2 Å². The van der Waals surface area contributed by atoms with Gasteiger partial charge in [-0.2, -0.15) is 0 Å². The van der Waals surface area contributed by atoms with Crippen molar-refractivity contribution in [2.45, 2.75) is 6.04 Å². The van der Waals surface area contributed by atoms with Crippen molar-refractivity contribution >= 4 is 11.9 Å². The smallest absolute Gasteiger partial charge is 0.335 e. The molecular weight excluding hydrogens is 186 g/mol. The molecule has 0 saturated carbocycles. The van der Waals surface area contributed by atoms with Crippen molar-refractivity contribution in [1.82, 2.24) is 0 Å². The minimum absolute atomic E-state index is 0.0270. The van der Waals surface area contributed by atoms with E-state index in [-0.39, 0.29) is 11.1 Å². The van der Waals surface area contributed by atoms with Gasteiger partial charge in [-0.15, -0.1) is 0 Å². The Kier molecular flexibility index (Phi) is 2.83. The molecule has 1 atom stereocenters. The maximum Gasteiger partial charge on any atom is 0.335 e. The molecule has 0 fully saturated rings. The molecule has 0 aliphatic rings. The van der Waals surface area contributed by atoms with E-state index in [0.29, 0.717) is 0 Å². The van der Waals surface area contributed by atoms with Crippen LogP contribution in [0.3, 0.4) is 0 Å². The van der Waals surface area contributed by atoms with Gasteiger partial charge in [-0.1, -0.05) is 12.1 Å². The highest BCUT2D eigenvalue weighted by Crippen LogP contribution is 2.12. The molecule has 0 aromatic heterocycles. The number of hydrogen-bond donors (Lipinski definition) is 3. The Hall–Kier alpha value is -1.88. The molecule has 0 aliphatic carbocycles. The van der Waals surface area contributed by atoms with Crippen LogP contribution < -0.4 is 5.73 Å². The van der Waals surface area contributed by atoms with Gasteiger partial charge in [0.1, 0.15) is 6.04 Å². The van der Waals surface area contributed by atoms with Crippen LogP contribution in [0.2, 0.25) is 0 Å². The van der Waals surface area contributed by atoms with E-state index in [9.17, 15) is 9.59 Å². The van der Waals surface area contributed by atoms with Gasteiger partial charge in [0.2, 0.25) is 0 Å². The standard InChI is InChI=1S/C9H9NO4/c10-7(9(13)14)5-2-1-3-6(4-5)8(11)12/h1-4,7H,10H2,(H,11,12)(H,13,14)/t7-/m0/s1. The van der Waals surface area contributed by atoms with Crippen LogP contribution in [0.5, 0.6) is 0 Å². The first-order valence-corrected chi connectivity index (χ1v) is 3.84. The van der Waals surface area contributed by atoms with E-state index in [4.69, 9.17) is 15.9 Å². The van der Waals surface area contributed by atoms with Crippen LogP contribution in [0.15, 0.2) is 24.3 Å². The van der Waals surface area contributed by atoms with E-state index in [1.54, 1.807) is 0 Å². The molecule has 0 heterocycles. The Morgan fingerprint density at radius 1 is 1.29 bits per heavy atom. The Bertz CT molecular complexity index is 375. The van der Waals surface area contributed by atoms with Gasteiger partial charge in [0.05, 0.1) is 5.56 Å². The molecule has 1 rings (SSSR count). The summed E-state index contributed by atoms with van der Waals surface area (Å²) in [5.74, 6) is -2.29. The number of carboxylic acids is 2. The van der Waals surface area contributed by atoms with E-state index in [1.807, 2.05) is 0 Å². The summed E-state index contributed by atoms with van der Waals surface area (Å²) in [6, 6.07) is 4.38. The summed E-state index contributed by atoms with van der Waals surface area (Å²) in [7, 11) is 0. The highest BCUT2D eigenvalue weighted by atomic mass is 16.4. The van der Waals surface area contributed by atoms with Gasteiger partial charge in [0.25, 0.3) is 0 Å². The molecule has 4 N–H and O–H groups in total. The maximum atomic E-state index is 10.6. The number of aliphatic carboxylic acids is 1. The van der Waals surface area contributed by atoms with Gasteiger partial charge in [-0.3, -0.25) is 4.79 Å². The summed E-state index contributed by atoms with van der Waals surface area (Å²) < 4.78 is 0. The lowest BCUT2D eigenvalue weighted by Crippen LogP contribution is -2.20. The molecule has 0 spiro atoms. The molecule has 0 amide bonds. The molecule has 1 aromatic carbocycles. The molecule has 0 radical (unpaired) electrons. The molecule has 0 unspecified atom stereocenters. The van der Waals surface area contributed by atoms with E-state index in [0.717, 1.165) is 0 Å². The first-order valence-electron chi connectivity index (χ1n) is 3.84. The van der Waals surface area contributed by atoms with Crippen molar-refractivity contribution in [2.75, 3.05) is 0 Å². The van der Waals surface area contributed by atoms with Crippen molar-refractivity contribution in [3.8, 4) is 0 Å². The quantitative estimate of drug-likeness (QED) is 0.650. The second-order valence-corrected chi connectivity index (χ2v) is 2.75. The number of carboxylic acid groups (broad SMARTS) is 2. The summed E-state index contributed by atoms with van der Waals surface area (Å²) in [5, 5.41) is 17.2. The third-order valence-corrected chi connectivity index (χ3v) is 1.76. The van der Waals surface area contributed by atoms with Gasteiger partial charge in [-0.25, -0.2) is 4.79 Å². The lowest BCUT2D eigenvalue weighted by molar-refractivity contribution is -0.138. The van der Waals surface area contributed by atoms with Crippen LogP contribution >= 0.6 is 0 Å². The number of aromatic carboxylic acids is 1. The van der Waals surface area contributed by atoms with Crippen LogP contribution in [0.1, 0.15) is 22.0 Å². The van der Waals surface area contributed by atoms with Crippen LogP contribution in [-0.2, 0) is 4.79 Å². The molecule has 5 heteroatoms. The molecule has 0 aliphatic heterocycles. The van der Waals surface area contributed by atoms with Gasteiger partial charge < -0.3 is 15.9 Å². The molecule has 1 aromatic rings. The van der Waals surface area contributed by atoms with E-state index >= 15 is 0 Å². The highest BCUT2D eigenvalue weighted by molar-refractivity contribution is 5.88. The summed E-state index contributed by atoms with van der Waals surface area (Å²) in [4.78, 5) is 21.1. The number of nitrogens with two attached hydrogens (primary N) is 1. The summed E-state index contributed by atoms with van der Waals surface area (Å²) >= 11 is 0. The fraction of sp³-hybridized carbons (Fsp3) is 0.111. The number of carbonyl (C=O) groups is 2. The Morgan fingerprint density at radius 2 is 1.93 bits per heavy atom. The van der Waals surface area contributed by atoms with Gasteiger partial charge in [-0.05, 0) is 17.7 Å². The van der Waals surface area contributed by atoms with Gasteiger partial charge >= 0.3 is 11.9 Å². The minimum Gasteiger partial charge on any atom is -0.480 e. The van der Waals surface area contributed by atoms with Crippen molar-refractivity contribution in [3.63, 3.8) is 0 Å². The van der Waals surface area contributed by atoms with Gasteiger partial charge in [0.15, 0.2) is 0 Å². The lowest BCUT2D eigenvalue weighted by Gasteiger charge is -2.06. The summed E-state index contributed by atoms with van der Waals surface area (Å²) in [6.07, 6.45) is 0. The number of hydrogen-bond acceptors (Lipinski definition) is 3. The molecule has 14 heavy (non-hydrogen) atoms. The van der Waals surface area contributed by atoms with E-state index < -0.39 is 18.0 Å². The predicted octanol–water partition coefficient (Wildman–Crippen LogP) is 0.469. The summed E-state index contributed by atoms with van der Waals surface area (Å²) in [5.41, 5.74) is 5.62. The van der Waals surface area contributed by atoms with Crippen molar-refractivity contribution in [2.24, 2.45) is 5.73 Å². The fourth-order valence-electron chi connectivity index (χ4n) is 1.01. The van der Waals surface area contributed by atoms with Crippen molar-refractivity contribution in [3.05, 3.63) is 35.4 Å². The second-order valence-electron chi connectivity index (χ2n) is 2.75. The van der Waals surface area contributed by atoms with E-state index in [2.05, 4.69) is 0 Å². The van der Waals surface area contributed by atoms with Gasteiger partial charge in [0, 0.05) is 0 Å². The predicted molar refractivity (Wildman–Crippen MR) is 48.0 cm³/mol. The lowest BCUT2D eigenvalue weighted by atomic mass is 10.1.